The van der Waals surface area contributed by atoms with Crippen LogP contribution in [0, 0.1) is 24.4 Å². The third-order valence-corrected chi connectivity index (χ3v) is 6.70. The maximum absolute atomic E-state index is 14.2. The minimum atomic E-state index is -1.01. The molecule has 9 heteroatoms. The number of ether oxygens (including phenoxy) is 1. The molecule has 5 nitrogen and oxygen atoms in total. The third-order valence-electron chi connectivity index (χ3n) is 5.90. The summed E-state index contributed by atoms with van der Waals surface area (Å²) in [6.07, 6.45) is 1.21. The zero-order valence-corrected chi connectivity index (χ0v) is 21.1. The Hall–Kier alpha value is -4.08. The fourth-order valence-electron chi connectivity index (χ4n) is 3.89. The number of nitrogens with one attached hydrogen (secondary N) is 1. The fourth-order valence-corrected chi connectivity index (χ4v) is 4.57. The van der Waals surface area contributed by atoms with E-state index in [4.69, 9.17) is 4.74 Å². The molecular formula is C29H22F3N3O2S. The molecule has 0 aliphatic carbocycles. The predicted octanol–water partition coefficient (Wildman–Crippen LogP) is 6.76. The minimum Gasteiger partial charge on any atom is -0.457 e. The van der Waals surface area contributed by atoms with Gasteiger partial charge in [0.25, 0.3) is 5.56 Å². The van der Waals surface area contributed by atoms with Crippen molar-refractivity contribution in [1.82, 2.24) is 14.3 Å². The average Bonchev–Trinajstić information content (AvgIpc) is 2.90. The van der Waals surface area contributed by atoms with E-state index >= 15 is 0 Å². The van der Waals surface area contributed by atoms with Crippen molar-refractivity contribution >= 4 is 22.9 Å². The number of hydrogen-bond donors (Lipinski definition) is 1. The van der Waals surface area contributed by atoms with Gasteiger partial charge in [-0.05, 0) is 66.9 Å². The van der Waals surface area contributed by atoms with Crippen LogP contribution in [0.5, 0.6) is 11.5 Å². The Morgan fingerprint density at radius 1 is 0.895 bits per heavy atom. The summed E-state index contributed by atoms with van der Waals surface area (Å²) in [5.41, 5.74) is 1.87. The van der Waals surface area contributed by atoms with Crippen LogP contribution in [0.2, 0.25) is 0 Å². The second kappa shape index (κ2) is 11.1. The summed E-state index contributed by atoms with van der Waals surface area (Å²) >= 11 is 1.56. The summed E-state index contributed by atoms with van der Waals surface area (Å²) < 4.78 is 52.3. The maximum atomic E-state index is 14.2. The highest BCUT2D eigenvalue weighted by Gasteiger charge is 2.14. The highest BCUT2D eigenvalue weighted by molar-refractivity contribution is 7.97. The molecule has 1 N–H and O–H groups in total. The number of rotatable bonds is 8. The van der Waals surface area contributed by atoms with Gasteiger partial charge in [0.15, 0.2) is 0 Å². The first-order valence-electron chi connectivity index (χ1n) is 11.7. The van der Waals surface area contributed by atoms with Crippen LogP contribution in [0.25, 0.3) is 10.9 Å². The Labute approximate surface area is 221 Å². The van der Waals surface area contributed by atoms with Crippen molar-refractivity contribution in [2.75, 3.05) is 0 Å². The number of fused-ring (bicyclic) bond motifs is 1. The van der Waals surface area contributed by atoms with Crippen LogP contribution < -0.4 is 15.0 Å². The molecule has 38 heavy (non-hydrogen) atoms. The van der Waals surface area contributed by atoms with Gasteiger partial charge in [-0.2, -0.15) is 4.98 Å². The molecule has 192 valence electrons. The van der Waals surface area contributed by atoms with E-state index in [2.05, 4.69) is 40.9 Å². The van der Waals surface area contributed by atoms with Gasteiger partial charge in [0.05, 0.1) is 23.8 Å². The molecule has 0 saturated heterocycles. The monoisotopic (exact) mass is 533 g/mol. The normalized spacial score (nSPS) is 11.2. The molecule has 0 unspecified atom stereocenters. The van der Waals surface area contributed by atoms with E-state index in [-0.39, 0.29) is 17.5 Å². The van der Waals surface area contributed by atoms with Gasteiger partial charge in [-0.1, -0.05) is 29.8 Å². The number of benzene rings is 4. The van der Waals surface area contributed by atoms with Crippen molar-refractivity contribution < 1.29 is 17.9 Å². The minimum absolute atomic E-state index is 0.224. The first-order valence-corrected chi connectivity index (χ1v) is 12.5. The SMILES string of the molecule is Cc1ccc(SNCc2ccc(Oc3ccc4c(c3)c(=O)ncn4Cc3c(F)cc(F)cc3F)cc2)cc1. The van der Waals surface area contributed by atoms with Crippen molar-refractivity contribution in [2.24, 2.45) is 0 Å². The van der Waals surface area contributed by atoms with Gasteiger partial charge in [0, 0.05) is 29.1 Å². The maximum Gasteiger partial charge on any atom is 0.280 e. The lowest BCUT2D eigenvalue weighted by Gasteiger charge is -2.13. The molecule has 0 fully saturated rings. The summed E-state index contributed by atoms with van der Waals surface area (Å²) in [5, 5.41) is 0.224. The smallest absolute Gasteiger partial charge is 0.280 e. The standard InChI is InChI=1S/C29H22F3N3O2S/c1-18-2-9-23(10-3-18)38-34-15-19-4-6-21(7-5-19)37-22-8-11-28-24(14-22)29(36)33-17-35(28)16-25-26(31)12-20(30)13-27(25)32/h2-14,17,34H,15-16H2,1H3. The molecule has 0 amide bonds. The van der Waals surface area contributed by atoms with Crippen LogP contribution in [0.15, 0.2) is 94.9 Å². The highest BCUT2D eigenvalue weighted by Crippen LogP contribution is 2.26. The van der Waals surface area contributed by atoms with E-state index in [0.29, 0.717) is 35.7 Å². The molecule has 0 aliphatic rings. The Morgan fingerprint density at radius 2 is 1.58 bits per heavy atom. The summed E-state index contributed by atoms with van der Waals surface area (Å²) in [4.78, 5) is 17.4. The number of nitrogens with zero attached hydrogens (tertiary/aromatic N) is 2. The van der Waals surface area contributed by atoms with Gasteiger partial charge in [-0.25, -0.2) is 13.2 Å². The molecule has 0 bridgehead atoms. The predicted molar refractivity (Wildman–Crippen MR) is 142 cm³/mol. The van der Waals surface area contributed by atoms with Gasteiger partial charge in [0.1, 0.15) is 29.0 Å². The molecule has 4 aromatic carbocycles. The fraction of sp³-hybridized carbons (Fsp3) is 0.103. The zero-order chi connectivity index (χ0) is 26.6. The summed E-state index contributed by atoms with van der Waals surface area (Å²) in [5.74, 6) is -2.03. The van der Waals surface area contributed by atoms with Crippen LogP contribution >= 0.6 is 11.9 Å². The van der Waals surface area contributed by atoms with Crippen molar-refractivity contribution in [3.63, 3.8) is 0 Å². The van der Waals surface area contributed by atoms with Crippen molar-refractivity contribution in [3.8, 4) is 11.5 Å². The zero-order valence-electron chi connectivity index (χ0n) is 20.3. The number of halogens is 3. The summed E-state index contributed by atoms with van der Waals surface area (Å²) in [6, 6.07) is 21.9. The lowest BCUT2D eigenvalue weighted by molar-refractivity contribution is 0.483. The molecule has 0 radical (unpaired) electrons. The van der Waals surface area contributed by atoms with E-state index in [0.717, 1.165) is 10.5 Å². The molecule has 5 aromatic rings. The molecule has 0 atom stereocenters. The Morgan fingerprint density at radius 3 is 2.29 bits per heavy atom. The quantitative estimate of drug-likeness (QED) is 0.223. The van der Waals surface area contributed by atoms with Gasteiger partial charge in [0.2, 0.25) is 0 Å². The van der Waals surface area contributed by atoms with E-state index in [1.54, 1.807) is 24.1 Å². The van der Waals surface area contributed by atoms with Crippen LogP contribution in [0.3, 0.4) is 0 Å². The largest absolute Gasteiger partial charge is 0.457 e. The van der Waals surface area contributed by atoms with Crippen molar-refractivity contribution in [3.05, 3.63) is 130 Å². The first kappa shape index (κ1) is 25.6. The Kier molecular flexibility index (Phi) is 7.48. The van der Waals surface area contributed by atoms with E-state index in [1.165, 1.54) is 22.5 Å². The molecule has 0 saturated carbocycles. The first-order chi connectivity index (χ1) is 18.4. The summed E-state index contributed by atoms with van der Waals surface area (Å²) in [6.45, 7) is 2.45. The van der Waals surface area contributed by atoms with Gasteiger partial charge >= 0.3 is 0 Å². The molecule has 1 aromatic heterocycles. The van der Waals surface area contributed by atoms with Gasteiger partial charge < -0.3 is 9.30 Å². The van der Waals surface area contributed by atoms with Gasteiger partial charge in [-0.15, -0.1) is 0 Å². The molecule has 5 rings (SSSR count). The van der Waals surface area contributed by atoms with Crippen LogP contribution in [-0.4, -0.2) is 9.55 Å². The van der Waals surface area contributed by atoms with E-state index in [1.807, 2.05) is 24.3 Å². The molecule has 1 heterocycles. The number of aromatic nitrogens is 2. The van der Waals surface area contributed by atoms with Crippen LogP contribution in [-0.2, 0) is 13.1 Å². The lowest BCUT2D eigenvalue weighted by Crippen LogP contribution is -2.14. The topological polar surface area (TPSA) is 56.1 Å². The lowest BCUT2D eigenvalue weighted by atomic mass is 10.1. The van der Waals surface area contributed by atoms with Gasteiger partial charge in [-0.3, -0.25) is 9.52 Å². The van der Waals surface area contributed by atoms with Crippen LogP contribution in [0.4, 0.5) is 13.2 Å². The summed E-state index contributed by atoms with van der Waals surface area (Å²) in [7, 11) is 0. The highest BCUT2D eigenvalue weighted by atomic mass is 32.2. The van der Waals surface area contributed by atoms with E-state index in [9.17, 15) is 18.0 Å². The van der Waals surface area contributed by atoms with Crippen molar-refractivity contribution in [1.29, 1.82) is 0 Å². The van der Waals surface area contributed by atoms with Crippen LogP contribution in [0.1, 0.15) is 16.7 Å². The average molecular weight is 534 g/mol. The second-order valence-corrected chi connectivity index (χ2v) is 9.65. The molecule has 0 spiro atoms. The molecule has 0 aliphatic heterocycles. The number of hydrogen-bond acceptors (Lipinski definition) is 5. The number of aryl methyl sites for hydroxylation is 1. The van der Waals surface area contributed by atoms with E-state index < -0.39 is 23.0 Å². The van der Waals surface area contributed by atoms with Crippen molar-refractivity contribution in [2.45, 2.75) is 24.9 Å². The Bertz CT molecular complexity index is 1630. The molecular weight excluding hydrogens is 511 g/mol. The third kappa shape index (κ3) is 5.90. The Balaban J connectivity index is 1.28. The second-order valence-electron chi connectivity index (χ2n) is 8.69.